The van der Waals surface area contributed by atoms with Crippen molar-refractivity contribution in [3.8, 4) is 0 Å². The highest BCUT2D eigenvalue weighted by Gasteiger charge is 2.22. The highest BCUT2D eigenvalue weighted by atomic mass is 19.1. The Morgan fingerprint density at radius 2 is 1.96 bits per heavy atom. The molecule has 2 aromatic carbocycles. The molecular weight excluding hydrogens is 353 g/mol. The number of hydrogen-bond acceptors (Lipinski definition) is 2. The van der Waals surface area contributed by atoms with E-state index in [1.54, 1.807) is 6.07 Å². The standard InChI is InChI=1S/C23H26FN3O/c24-18-7-5-6-17(14-18)20(21-16-26-22-9-2-1-8-19(21)22)15-23(28)25-10-13-27-11-3-4-12-27/h1-2,5-9,14,16,20,26H,3-4,10-13,15H2,(H,25,28)/t20-/m1/s1. The fourth-order valence-electron chi connectivity index (χ4n) is 4.13. The topological polar surface area (TPSA) is 48.1 Å². The Labute approximate surface area is 164 Å². The molecule has 0 unspecified atom stereocenters. The summed E-state index contributed by atoms with van der Waals surface area (Å²) in [5.41, 5.74) is 2.86. The first-order valence-corrected chi connectivity index (χ1v) is 10.0. The molecule has 0 aliphatic carbocycles. The summed E-state index contributed by atoms with van der Waals surface area (Å²) in [6.07, 6.45) is 4.73. The monoisotopic (exact) mass is 379 g/mol. The molecule has 2 heterocycles. The van der Waals surface area contributed by atoms with Crippen LogP contribution in [0.4, 0.5) is 4.39 Å². The number of aromatic amines is 1. The Balaban J connectivity index is 1.52. The number of nitrogens with zero attached hydrogens (tertiary/aromatic N) is 1. The largest absolute Gasteiger partial charge is 0.361 e. The third kappa shape index (κ3) is 4.25. The number of benzene rings is 2. The van der Waals surface area contributed by atoms with E-state index >= 15 is 0 Å². The average molecular weight is 379 g/mol. The maximum absolute atomic E-state index is 13.9. The van der Waals surface area contributed by atoms with Gasteiger partial charge in [0.2, 0.25) is 5.91 Å². The van der Waals surface area contributed by atoms with Gasteiger partial charge in [0.15, 0.2) is 0 Å². The number of rotatable bonds is 7. The van der Waals surface area contributed by atoms with E-state index < -0.39 is 0 Å². The summed E-state index contributed by atoms with van der Waals surface area (Å²) >= 11 is 0. The van der Waals surface area contributed by atoms with E-state index in [1.165, 1.54) is 25.0 Å². The van der Waals surface area contributed by atoms with Crippen molar-refractivity contribution in [2.75, 3.05) is 26.2 Å². The van der Waals surface area contributed by atoms with E-state index in [0.717, 1.165) is 41.7 Å². The van der Waals surface area contributed by atoms with Crippen molar-refractivity contribution in [3.63, 3.8) is 0 Å². The number of carbonyl (C=O) groups excluding carboxylic acids is 1. The number of para-hydroxylation sites is 1. The number of likely N-dealkylation sites (tertiary alicyclic amines) is 1. The number of H-pyrrole nitrogens is 1. The van der Waals surface area contributed by atoms with Crippen LogP contribution < -0.4 is 5.32 Å². The first kappa shape index (κ1) is 18.7. The van der Waals surface area contributed by atoms with E-state index in [4.69, 9.17) is 0 Å². The maximum atomic E-state index is 13.9. The van der Waals surface area contributed by atoms with Gasteiger partial charge in [-0.2, -0.15) is 0 Å². The SMILES string of the molecule is O=C(C[C@H](c1cccc(F)c1)c1c[nH]c2ccccc12)NCCN1CCCC1. The lowest BCUT2D eigenvalue weighted by Gasteiger charge is -2.19. The molecule has 0 saturated carbocycles. The first-order valence-electron chi connectivity index (χ1n) is 10.0. The van der Waals surface area contributed by atoms with Crippen molar-refractivity contribution in [1.29, 1.82) is 0 Å². The number of amides is 1. The van der Waals surface area contributed by atoms with Crippen molar-refractivity contribution in [3.05, 3.63) is 71.7 Å². The molecule has 0 bridgehead atoms. The summed E-state index contributed by atoms with van der Waals surface area (Å²) in [4.78, 5) is 18.3. The molecule has 4 nitrogen and oxygen atoms in total. The zero-order chi connectivity index (χ0) is 19.3. The molecule has 1 aliphatic rings. The third-order valence-electron chi connectivity index (χ3n) is 5.59. The third-order valence-corrected chi connectivity index (χ3v) is 5.59. The van der Waals surface area contributed by atoms with Gasteiger partial charge in [-0.3, -0.25) is 4.79 Å². The molecule has 1 aromatic heterocycles. The predicted molar refractivity (Wildman–Crippen MR) is 110 cm³/mol. The average Bonchev–Trinajstić information content (AvgIpc) is 3.36. The van der Waals surface area contributed by atoms with E-state index in [-0.39, 0.29) is 17.6 Å². The van der Waals surface area contributed by atoms with Crippen LogP contribution in [0.15, 0.2) is 54.7 Å². The fraction of sp³-hybridized carbons (Fsp3) is 0.348. The van der Waals surface area contributed by atoms with Gasteiger partial charge >= 0.3 is 0 Å². The van der Waals surface area contributed by atoms with Crippen LogP contribution in [0.25, 0.3) is 10.9 Å². The van der Waals surface area contributed by atoms with Gasteiger partial charge in [-0.25, -0.2) is 4.39 Å². The molecule has 146 valence electrons. The van der Waals surface area contributed by atoms with Crippen LogP contribution in [0.5, 0.6) is 0 Å². The van der Waals surface area contributed by atoms with Crippen molar-refractivity contribution in [2.45, 2.75) is 25.2 Å². The zero-order valence-corrected chi connectivity index (χ0v) is 16.0. The van der Waals surface area contributed by atoms with E-state index in [9.17, 15) is 9.18 Å². The number of carbonyl (C=O) groups is 1. The summed E-state index contributed by atoms with van der Waals surface area (Å²) in [5.74, 6) is -0.478. The second-order valence-electron chi connectivity index (χ2n) is 7.50. The lowest BCUT2D eigenvalue weighted by atomic mass is 9.88. The van der Waals surface area contributed by atoms with E-state index in [2.05, 4.69) is 15.2 Å². The van der Waals surface area contributed by atoms with Gasteiger partial charge in [-0.15, -0.1) is 0 Å². The van der Waals surface area contributed by atoms with Gasteiger partial charge in [-0.1, -0.05) is 30.3 Å². The van der Waals surface area contributed by atoms with Gasteiger partial charge in [0.25, 0.3) is 0 Å². The molecule has 1 atom stereocenters. The van der Waals surface area contributed by atoms with E-state index in [1.807, 2.05) is 36.5 Å². The van der Waals surface area contributed by atoms with Crippen LogP contribution in [0.2, 0.25) is 0 Å². The Bertz CT molecular complexity index is 946. The molecule has 1 amide bonds. The molecule has 1 fully saturated rings. The lowest BCUT2D eigenvalue weighted by molar-refractivity contribution is -0.121. The van der Waals surface area contributed by atoms with Crippen molar-refractivity contribution >= 4 is 16.8 Å². The van der Waals surface area contributed by atoms with Crippen LogP contribution in [0, 0.1) is 5.82 Å². The smallest absolute Gasteiger partial charge is 0.220 e. The molecule has 0 radical (unpaired) electrons. The molecule has 1 saturated heterocycles. The zero-order valence-electron chi connectivity index (χ0n) is 16.0. The van der Waals surface area contributed by atoms with Gasteiger partial charge < -0.3 is 15.2 Å². The van der Waals surface area contributed by atoms with Gasteiger partial charge in [-0.05, 0) is 55.3 Å². The summed E-state index contributed by atoms with van der Waals surface area (Å²) in [7, 11) is 0. The Kier molecular flexibility index (Phi) is 5.72. The van der Waals surface area contributed by atoms with Crippen LogP contribution in [-0.2, 0) is 4.79 Å². The maximum Gasteiger partial charge on any atom is 0.220 e. The number of halogens is 1. The minimum Gasteiger partial charge on any atom is -0.361 e. The summed E-state index contributed by atoms with van der Waals surface area (Å²) in [6, 6.07) is 14.6. The Hall–Kier alpha value is -2.66. The van der Waals surface area contributed by atoms with E-state index in [0.29, 0.717) is 13.0 Å². The Morgan fingerprint density at radius 3 is 2.79 bits per heavy atom. The first-order chi connectivity index (χ1) is 13.7. The second-order valence-corrected chi connectivity index (χ2v) is 7.50. The van der Waals surface area contributed by atoms with Crippen molar-refractivity contribution in [2.24, 2.45) is 0 Å². The molecule has 4 rings (SSSR count). The minimum absolute atomic E-state index is 0.00117. The van der Waals surface area contributed by atoms with Crippen molar-refractivity contribution < 1.29 is 9.18 Å². The molecule has 0 spiro atoms. The number of aromatic nitrogens is 1. The summed E-state index contributed by atoms with van der Waals surface area (Å²) < 4.78 is 13.9. The highest BCUT2D eigenvalue weighted by molar-refractivity contribution is 5.86. The van der Waals surface area contributed by atoms with Crippen molar-refractivity contribution in [1.82, 2.24) is 15.2 Å². The van der Waals surface area contributed by atoms with Crippen LogP contribution >= 0.6 is 0 Å². The lowest BCUT2D eigenvalue weighted by Crippen LogP contribution is -2.34. The minimum atomic E-state index is -0.281. The van der Waals surface area contributed by atoms with Crippen LogP contribution in [0.1, 0.15) is 36.3 Å². The van der Waals surface area contributed by atoms with Gasteiger partial charge in [0, 0.05) is 42.5 Å². The second kappa shape index (κ2) is 8.57. The molecule has 5 heteroatoms. The molecular formula is C23H26FN3O. The van der Waals surface area contributed by atoms with Gasteiger partial charge in [0.1, 0.15) is 5.82 Å². The van der Waals surface area contributed by atoms with Crippen LogP contribution in [0.3, 0.4) is 0 Å². The fourth-order valence-corrected chi connectivity index (χ4v) is 4.13. The number of fused-ring (bicyclic) bond motifs is 1. The molecule has 1 aliphatic heterocycles. The predicted octanol–water partition coefficient (Wildman–Crippen LogP) is 4.04. The Morgan fingerprint density at radius 1 is 1.14 bits per heavy atom. The quantitative estimate of drug-likeness (QED) is 0.651. The molecule has 3 aromatic rings. The normalized spacial score (nSPS) is 15.8. The van der Waals surface area contributed by atoms with Crippen LogP contribution in [-0.4, -0.2) is 42.0 Å². The highest BCUT2D eigenvalue weighted by Crippen LogP contribution is 2.33. The summed E-state index contributed by atoms with van der Waals surface area (Å²) in [6.45, 7) is 3.79. The summed E-state index contributed by atoms with van der Waals surface area (Å²) in [5, 5.41) is 4.12. The molecule has 2 N–H and O–H groups in total. The number of hydrogen-bond donors (Lipinski definition) is 2. The van der Waals surface area contributed by atoms with Gasteiger partial charge in [0.05, 0.1) is 0 Å². The number of nitrogens with one attached hydrogen (secondary N) is 2. The molecule has 28 heavy (non-hydrogen) atoms.